The third kappa shape index (κ3) is 3.77. The lowest BCUT2D eigenvalue weighted by Gasteiger charge is -2.07. The molecule has 28 heavy (non-hydrogen) atoms. The second-order valence-corrected chi connectivity index (χ2v) is 6.95. The van der Waals surface area contributed by atoms with E-state index in [2.05, 4.69) is 5.10 Å². The van der Waals surface area contributed by atoms with Crippen molar-refractivity contribution < 1.29 is 14.3 Å². The van der Waals surface area contributed by atoms with E-state index in [0.717, 1.165) is 10.6 Å². The number of rotatable bonds is 6. The largest absolute Gasteiger partial charge is 0.453 e. The van der Waals surface area contributed by atoms with Crippen LogP contribution in [0.15, 0.2) is 84.2 Å². The number of esters is 1. The number of thiophene rings is 1. The lowest BCUT2D eigenvalue weighted by molar-refractivity contribution is 0.0465. The highest BCUT2D eigenvalue weighted by Gasteiger charge is 2.20. The molecule has 0 unspecified atom stereocenters. The van der Waals surface area contributed by atoms with Gasteiger partial charge in [0.2, 0.25) is 0 Å². The van der Waals surface area contributed by atoms with Crippen LogP contribution in [0.5, 0.6) is 0 Å². The summed E-state index contributed by atoms with van der Waals surface area (Å²) in [4.78, 5) is 25.9. The van der Waals surface area contributed by atoms with Gasteiger partial charge in [0, 0.05) is 11.6 Å². The molecule has 2 heterocycles. The maximum atomic E-state index is 12.7. The topological polar surface area (TPSA) is 61.2 Å². The summed E-state index contributed by atoms with van der Waals surface area (Å²) >= 11 is 1.54. The van der Waals surface area contributed by atoms with Crippen LogP contribution in [0, 0.1) is 0 Å². The minimum atomic E-state index is -0.594. The number of nitrogens with zero attached hydrogens (tertiary/aromatic N) is 2. The van der Waals surface area contributed by atoms with Crippen molar-refractivity contribution >= 4 is 23.1 Å². The number of para-hydroxylation sites is 1. The minimum absolute atomic E-state index is 0.252. The first-order valence-corrected chi connectivity index (χ1v) is 9.55. The van der Waals surface area contributed by atoms with Crippen LogP contribution in [0.4, 0.5) is 0 Å². The summed E-state index contributed by atoms with van der Waals surface area (Å²) in [5.41, 5.74) is 2.20. The molecule has 2 aromatic heterocycles. The van der Waals surface area contributed by atoms with Gasteiger partial charge in [-0.15, -0.1) is 11.3 Å². The molecule has 2 aromatic carbocycles. The van der Waals surface area contributed by atoms with Crippen molar-refractivity contribution in [2.24, 2.45) is 0 Å². The van der Waals surface area contributed by atoms with E-state index in [-0.39, 0.29) is 18.1 Å². The van der Waals surface area contributed by atoms with Crippen molar-refractivity contribution in [3.05, 3.63) is 95.5 Å². The van der Waals surface area contributed by atoms with Gasteiger partial charge in [0.1, 0.15) is 5.69 Å². The molecule has 0 atom stereocenters. The van der Waals surface area contributed by atoms with Crippen molar-refractivity contribution in [3.63, 3.8) is 0 Å². The molecular formula is C22H16N2O3S. The molecule has 138 valence electrons. The first-order valence-electron chi connectivity index (χ1n) is 8.67. The van der Waals surface area contributed by atoms with Crippen LogP contribution in [-0.2, 0) is 4.74 Å². The summed E-state index contributed by atoms with van der Waals surface area (Å²) < 4.78 is 6.84. The molecule has 0 aliphatic carbocycles. The molecule has 0 saturated carbocycles. The van der Waals surface area contributed by atoms with Crippen molar-refractivity contribution in [3.8, 4) is 16.3 Å². The smallest absolute Gasteiger partial charge is 0.357 e. The van der Waals surface area contributed by atoms with E-state index in [0.29, 0.717) is 11.3 Å². The molecular weight excluding hydrogens is 372 g/mol. The highest BCUT2D eigenvalue weighted by molar-refractivity contribution is 7.13. The Balaban J connectivity index is 1.60. The number of carbonyl (C=O) groups excluding carboxylic acids is 2. The quantitative estimate of drug-likeness (QED) is 0.357. The number of carbonyl (C=O) groups is 2. The lowest BCUT2D eigenvalue weighted by Crippen LogP contribution is -2.17. The van der Waals surface area contributed by atoms with Crippen LogP contribution < -0.4 is 0 Å². The highest BCUT2D eigenvalue weighted by atomic mass is 32.1. The van der Waals surface area contributed by atoms with Gasteiger partial charge in [0.05, 0.1) is 10.6 Å². The Kier molecular flexibility index (Phi) is 5.12. The lowest BCUT2D eigenvalue weighted by atomic mass is 10.1. The van der Waals surface area contributed by atoms with Gasteiger partial charge in [-0.2, -0.15) is 5.10 Å². The molecule has 4 rings (SSSR count). The minimum Gasteiger partial charge on any atom is -0.453 e. The van der Waals surface area contributed by atoms with Gasteiger partial charge < -0.3 is 4.74 Å². The van der Waals surface area contributed by atoms with E-state index in [1.807, 2.05) is 53.9 Å². The molecule has 0 N–H and O–H groups in total. The average molecular weight is 388 g/mol. The van der Waals surface area contributed by atoms with E-state index in [4.69, 9.17) is 4.74 Å². The van der Waals surface area contributed by atoms with Crippen molar-refractivity contribution in [2.75, 3.05) is 6.61 Å². The third-order valence-corrected chi connectivity index (χ3v) is 5.02. The Hall–Kier alpha value is -3.51. The molecule has 0 fully saturated rings. The molecule has 0 radical (unpaired) electrons. The van der Waals surface area contributed by atoms with Gasteiger partial charge in [-0.25, -0.2) is 9.48 Å². The normalized spacial score (nSPS) is 10.6. The van der Waals surface area contributed by atoms with E-state index < -0.39 is 5.97 Å². The van der Waals surface area contributed by atoms with E-state index in [1.54, 1.807) is 35.0 Å². The first kappa shape index (κ1) is 17.9. The van der Waals surface area contributed by atoms with Gasteiger partial charge >= 0.3 is 5.97 Å². The molecule has 0 spiro atoms. The standard InChI is InChI=1S/C22H16N2O3S/c25-20(16-8-3-1-4-9-16)15-27-22(26)19-14-18(21-12-7-13-28-21)23-24(19)17-10-5-2-6-11-17/h1-14H,15H2. The number of Topliss-reactive ketones (excluding diaryl/α,β-unsaturated/α-hetero) is 1. The Labute approximate surface area is 165 Å². The van der Waals surface area contributed by atoms with E-state index in [1.165, 1.54) is 11.3 Å². The Morgan fingerprint density at radius 2 is 1.64 bits per heavy atom. The molecule has 0 aliphatic rings. The fourth-order valence-electron chi connectivity index (χ4n) is 2.75. The van der Waals surface area contributed by atoms with Crippen LogP contribution in [0.3, 0.4) is 0 Å². The predicted octanol–water partition coefficient (Wildman–Crippen LogP) is 4.64. The Morgan fingerprint density at radius 1 is 0.929 bits per heavy atom. The molecule has 0 aliphatic heterocycles. The van der Waals surface area contributed by atoms with Crippen LogP contribution in [-0.4, -0.2) is 28.1 Å². The van der Waals surface area contributed by atoms with Crippen molar-refractivity contribution in [2.45, 2.75) is 0 Å². The second-order valence-electron chi connectivity index (χ2n) is 6.00. The zero-order valence-corrected chi connectivity index (χ0v) is 15.6. The van der Waals surface area contributed by atoms with Gasteiger partial charge in [0.15, 0.2) is 18.1 Å². The van der Waals surface area contributed by atoms with Crippen molar-refractivity contribution in [1.29, 1.82) is 0 Å². The van der Waals surface area contributed by atoms with Gasteiger partial charge in [-0.1, -0.05) is 54.6 Å². The number of hydrogen-bond donors (Lipinski definition) is 0. The monoisotopic (exact) mass is 388 g/mol. The summed E-state index contributed by atoms with van der Waals surface area (Å²) in [6.07, 6.45) is 0. The maximum Gasteiger partial charge on any atom is 0.357 e. The maximum absolute atomic E-state index is 12.7. The van der Waals surface area contributed by atoms with E-state index >= 15 is 0 Å². The second kappa shape index (κ2) is 8.02. The Bertz CT molecular complexity index is 1090. The molecule has 5 nitrogen and oxygen atoms in total. The van der Waals surface area contributed by atoms with Crippen molar-refractivity contribution in [1.82, 2.24) is 9.78 Å². The fraction of sp³-hybridized carbons (Fsp3) is 0.0455. The highest BCUT2D eigenvalue weighted by Crippen LogP contribution is 2.26. The molecule has 6 heteroatoms. The van der Waals surface area contributed by atoms with Crippen LogP contribution in [0.2, 0.25) is 0 Å². The van der Waals surface area contributed by atoms with E-state index in [9.17, 15) is 9.59 Å². The SMILES string of the molecule is O=C(COC(=O)c1cc(-c2cccs2)nn1-c1ccccc1)c1ccccc1. The molecule has 4 aromatic rings. The molecule has 0 amide bonds. The van der Waals surface area contributed by atoms with Crippen LogP contribution in [0.25, 0.3) is 16.3 Å². The number of ether oxygens (including phenoxy) is 1. The first-order chi connectivity index (χ1) is 13.7. The third-order valence-electron chi connectivity index (χ3n) is 4.12. The number of benzene rings is 2. The average Bonchev–Trinajstić information content (AvgIpc) is 3.43. The summed E-state index contributed by atoms with van der Waals surface area (Å²) in [5, 5.41) is 6.52. The van der Waals surface area contributed by atoms with Gasteiger partial charge in [-0.3, -0.25) is 4.79 Å². The summed E-state index contributed by atoms with van der Waals surface area (Å²) in [6.45, 7) is -0.322. The zero-order valence-electron chi connectivity index (χ0n) is 14.8. The number of ketones is 1. The van der Waals surface area contributed by atoms with Gasteiger partial charge in [0.25, 0.3) is 0 Å². The summed E-state index contributed by atoms with van der Waals surface area (Å²) in [7, 11) is 0. The predicted molar refractivity (Wildman–Crippen MR) is 108 cm³/mol. The zero-order chi connectivity index (χ0) is 19.3. The van der Waals surface area contributed by atoms with Gasteiger partial charge in [-0.05, 0) is 23.6 Å². The molecule has 0 bridgehead atoms. The molecule has 0 saturated heterocycles. The Morgan fingerprint density at radius 3 is 2.32 bits per heavy atom. The van der Waals surface area contributed by atoms with Crippen LogP contribution in [0.1, 0.15) is 20.8 Å². The van der Waals surface area contributed by atoms with Crippen LogP contribution >= 0.6 is 11.3 Å². The summed E-state index contributed by atoms with van der Waals surface area (Å²) in [5.74, 6) is -0.846. The number of hydrogen-bond acceptors (Lipinski definition) is 5. The summed E-state index contributed by atoms with van der Waals surface area (Å²) in [6, 6.07) is 23.7. The number of aromatic nitrogens is 2. The fourth-order valence-corrected chi connectivity index (χ4v) is 3.43.